The number of hydrogen-bond acceptors (Lipinski definition) is 5. The van der Waals surface area contributed by atoms with Crippen LogP contribution in [-0.2, 0) is 9.53 Å². The first-order valence-corrected chi connectivity index (χ1v) is 6.89. The van der Waals surface area contributed by atoms with Gasteiger partial charge in [0.05, 0.1) is 0 Å². The highest BCUT2D eigenvalue weighted by atomic mass is 16.5. The average Bonchev–Trinajstić information content (AvgIpc) is 3.05. The lowest BCUT2D eigenvalue weighted by Crippen LogP contribution is -2.27. The van der Waals surface area contributed by atoms with Crippen LogP contribution in [0.4, 0.5) is 17.3 Å². The lowest BCUT2D eigenvalue weighted by molar-refractivity contribution is -0.124. The summed E-state index contributed by atoms with van der Waals surface area (Å²) in [6.45, 7) is 0.643. The molecule has 2 heterocycles. The zero-order valence-corrected chi connectivity index (χ0v) is 11.5. The number of carbonyl (C=O) groups is 1. The maximum absolute atomic E-state index is 11.9. The minimum absolute atomic E-state index is 0.162. The van der Waals surface area contributed by atoms with Crippen molar-refractivity contribution >= 4 is 23.2 Å². The highest BCUT2D eigenvalue weighted by Gasteiger charge is 2.23. The van der Waals surface area contributed by atoms with Gasteiger partial charge in [0, 0.05) is 12.3 Å². The van der Waals surface area contributed by atoms with Gasteiger partial charge in [-0.2, -0.15) is 0 Å². The fourth-order valence-electron chi connectivity index (χ4n) is 2.13. The number of anilines is 3. The number of nitrogens with zero attached hydrogens (tertiary/aromatic N) is 2. The van der Waals surface area contributed by atoms with Gasteiger partial charge in [-0.15, -0.1) is 10.2 Å². The minimum atomic E-state index is -0.367. The highest BCUT2D eigenvalue weighted by Crippen LogP contribution is 2.16. The van der Waals surface area contributed by atoms with Crippen LogP contribution in [0.25, 0.3) is 0 Å². The van der Waals surface area contributed by atoms with E-state index in [0.717, 1.165) is 18.5 Å². The predicted molar refractivity (Wildman–Crippen MR) is 79.4 cm³/mol. The average molecular weight is 284 g/mol. The molecule has 3 rings (SSSR count). The van der Waals surface area contributed by atoms with Crippen LogP contribution in [0.15, 0.2) is 42.5 Å². The molecule has 2 N–H and O–H groups in total. The second-order valence-corrected chi connectivity index (χ2v) is 4.79. The summed E-state index contributed by atoms with van der Waals surface area (Å²) < 4.78 is 5.32. The zero-order valence-electron chi connectivity index (χ0n) is 11.5. The Labute approximate surface area is 122 Å². The third-order valence-corrected chi connectivity index (χ3v) is 3.18. The van der Waals surface area contributed by atoms with E-state index in [0.29, 0.717) is 18.2 Å². The first kappa shape index (κ1) is 13.5. The SMILES string of the molecule is O=C(Nc1ccc(Nc2ccccc2)nn1)C1CCCO1. The summed E-state index contributed by atoms with van der Waals surface area (Å²) in [6, 6.07) is 13.2. The fourth-order valence-corrected chi connectivity index (χ4v) is 2.13. The normalized spacial score (nSPS) is 17.4. The number of amides is 1. The molecule has 6 nitrogen and oxygen atoms in total. The molecule has 1 unspecified atom stereocenters. The summed E-state index contributed by atoms with van der Waals surface area (Å²) in [7, 11) is 0. The van der Waals surface area contributed by atoms with Gasteiger partial charge >= 0.3 is 0 Å². The molecular formula is C15H16N4O2. The van der Waals surface area contributed by atoms with Crippen molar-refractivity contribution in [2.75, 3.05) is 17.2 Å². The topological polar surface area (TPSA) is 76.1 Å². The molecule has 1 atom stereocenters. The van der Waals surface area contributed by atoms with Crippen molar-refractivity contribution in [1.29, 1.82) is 0 Å². The van der Waals surface area contributed by atoms with Gasteiger partial charge in [0.25, 0.3) is 5.91 Å². The smallest absolute Gasteiger partial charge is 0.254 e. The van der Waals surface area contributed by atoms with E-state index in [1.807, 2.05) is 30.3 Å². The van der Waals surface area contributed by atoms with Crippen molar-refractivity contribution in [1.82, 2.24) is 10.2 Å². The van der Waals surface area contributed by atoms with Crippen LogP contribution in [0.3, 0.4) is 0 Å². The van der Waals surface area contributed by atoms with Gasteiger partial charge < -0.3 is 15.4 Å². The Kier molecular flexibility index (Phi) is 4.07. The summed E-state index contributed by atoms with van der Waals surface area (Å²) in [5.41, 5.74) is 0.933. The number of hydrogen-bond donors (Lipinski definition) is 2. The molecule has 6 heteroatoms. The standard InChI is InChI=1S/C15H16N4O2/c20-15(12-7-4-10-21-12)17-14-9-8-13(18-19-14)16-11-5-2-1-3-6-11/h1-3,5-6,8-9,12H,4,7,10H2,(H,16,18)(H,17,19,20). The summed E-state index contributed by atoms with van der Waals surface area (Å²) >= 11 is 0. The maximum atomic E-state index is 11.9. The fraction of sp³-hybridized carbons (Fsp3) is 0.267. The van der Waals surface area contributed by atoms with Crippen LogP contribution in [0, 0.1) is 0 Å². The van der Waals surface area contributed by atoms with Crippen LogP contribution in [0.2, 0.25) is 0 Å². The van der Waals surface area contributed by atoms with E-state index in [4.69, 9.17) is 4.74 Å². The maximum Gasteiger partial charge on any atom is 0.254 e. The Morgan fingerprint density at radius 2 is 1.86 bits per heavy atom. The van der Waals surface area contributed by atoms with E-state index >= 15 is 0 Å². The second-order valence-electron chi connectivity index (χ2n) is 4.79. The van der Waals surface area contributed by atoms with Gasteiger partial charge in [-0.05, 0) is 37.1 Å². The van der Waals surface area contributed by atoms with Crippen molar-refractivity contribution in [2.45, 2.75) is 18.9 Å². The van der Waals surface area contributed by atoms with Crippen LogP contribution < -0.4 is 10.6 Å². The van der Waals surface area contributed by atoms with Crippen molar-refractivity contribution in [3.63, 3.8) is 0 Å². The second kappa shape index (κ2) is 6.32. The highest BCUT2D eigenvalue weighted by molar-refractivity contribution is 5.93. The van der Waals surface area contributed by atoms with Gasteiger partial charge in [0.1, 0.15) is 6.10 Å². The van der Waals surface area contributed by atoms with E-state index < -0.39 is 0 Å². The first-order chi connectivity index (χ1) is 10.3. The van der Waals surface area contributed by atoms with Crippen LogP contribution in [0.5, 0.6) is 0 Å². The number of rotatable bonds is 4. The molecule has 0 radical (unpaired) electrons. The monoisotopic (exact) mass is 284 g/mol. The molecule has 1 aliphatic rings. The lowest BCUT2D eigenvalue weighted by Gasteiger charge is -2.10. The van der Waals surface area contributed by atoms with Crippen molar-refractivity contribution in [3.05, 3.63) is 42.5 Å². The summed E-state index contributed by atoms with van der Waals surface area (Å²) in [4.78, 5) is 11.9. The molecule has 21 heavy (non-hydrogen) atoms. The van der Waals surface area contributed by atoms with Crippen LogP contribution in [0.1, 0.15) is 12.8 Å². The van der Waals surface area contributed by atoms with E-state index in [9.17, 15) is 4.79 Å². The molecule has 1 fully saturated rings. The Morgan fingerprint density at radius 1 is 1.10 bits per heavy atom. The van der Waals surface area contributed by atoms with Crippen molar-refractivity contribution in [3.8, 4) is 0 Å². The van der Waals surface area contributed by atoms with Crippen molar-refractivity contribution < 1.29 is 9.53 Å². The summed E-state index contributed by atoms with van der Waals surface area (Å²) in [5.74, 6) is 0.885. The molecule has 0 aliphatic carbocycles. The number of ether oxygens (including phenoxy) is 1. The molecule has 0 bridgehead atoms. The molecule has 1 aromatic heterocycles. The number of aromatic nitrogens is 2. The number of benzene rings is 1. The number of carbonyl (C=O) groups excluding carboxylic acids is 1. The molecule has 108 valence electrons. The Morgan fingerprint density at radius 3 is 2.52 bits per heavy atom. The molecule has 1 aromatic carbocycles. The molecular weight excluding hydrogens is 268 g/mol. The molecule has 1 aliphatic heterocycles. The predicted octanol–water partition coefficient (Wildman–Crippen LogP) is 2.34. The van der Waals surface area contributed by atoms with Gasteiger partial charge in [-0.3, -0.25) is 4.79 Å². The van der Waals surface area contributed by atoms with E-state index in [2.05, 4.69) is 20.8 Å². The molecule has 0 spiro atoms. The van der Waals surface area contributed by atoms with Gasteiger partial charge in [-0.25, -0.2) is 0 Å². The van der Waals surface area contributed by atoms with Gasteiger partial charge in [-0.1, -0.05) is 18.2 Å². The molecule has 2 aromatic rings. The number of nitrogens with one attached hydrogen (secondary N) is 2. The van der Waals surface area contributed by atoms with E-state index in [1.165, 1.54) is 0 Å². The quantitative estimate of drug-likeness (QED) is 0.901. The summed E-state index contributed by atoms with van der Waals surface area (Å²) in [6.07, 6.45) is 1.31. The first-order valence-electron chi connectivity index (χ1n) is 6.89. The Bertz CT molecular complexity index is 595. The Balaban J connectivity index is 1.60. The molecule has 1 saturated heterocycles. The van der Waals surface area contributed by atoms with Gasteiger partial charge in [0.2, 0.25) is 0 Å². The summed E-state index contributed by atoms with van der Waals surface area (Å²) in [5, 5.41) is 13.9. The van der Waals surface area contributed by atoms with E-state index in [1.54, 1.807) is 12.1 Å². The largest absolute Gasteiger partial charge is 0.368 e. The lowest BCUT2D eigenvalue weighted by atomic mass is 10.2. The molecule has 1 amide bonds. The molecule has 0 saturated carbocycles. The Hall–Kier alpha value is -2.47. The van der Waals surface area contributed by atoms with Gasteiger partial charge in [0.15, 0.2) is 11.6 Å². The number of para-hydroxylation sites is 1. The van der Waals surface area contributed by atoms with Crippen LogP contribution >= 0.6 is 0 Å². The van der Waals surface area contributed by atoms with E-state index in [-0.39, 0.29) is 12.0 Å². The minimum Gasteiger partial charge on any atom is -0.368 e. The third-order valence-electron chi connectivity index (χ3n) is 3.18. The van der Waals surface area contributed by atoms with Crippen LogP contribution in [-0.4, -0.2) is 28.8 Å². The zero-order chi connectivity index (χ0) is 14.5. The van der Waals surface area contributed by atoms with Crippen molar-refractivity contribution in [2.24, 2.45) is 0 Å². The third kappa shape index (κ3) is 3.55.